The van der Waals surface area contributed by atoms with Crippen molar-refractivity contribution in [2.24, 2.45) is 0 Å². The van der Waals surface area contributed by atoms with E-state index in [9.17, 15) is 14.4 Å². The van der Waals surface area contributed by atoms with E-state index in [1.165, 1.54) is 29.4 Å². The highest BCUT2D eigenvalue weighted by molar-refractivity contribution is 6.02. The molecule has 11 heteroatoms. The highest BCUT2D eigenvalue weighted by atomic mass is 16.4. The van der Waals surface area contributed by atoms with Crippen LogP contribution in [0.5, 0.6) is 0 Å². The molecule has 146 valence electrons. The number of aromatic carboxylic acids is 1. The Bertz CT molecular complexity index is 988. The minimum Gasteiger partial charge on any atom is -0.477 e. The van der Waals surface area contributed by atoms with Crippen molar-refractivity contribution < 1.29 is 23.9 Å². The predicted octanol–water partition coefficient (Wildman–Crippen LogP) is 0.959. The summed E-state index contributed by atoms with van der Waals surface area (Å²) in [4.78, 5) is 36.0. The number of carboxylic acids is 1. The first kappa shape index (κ1) is 18.9. The third-order valence-electron chi connectivity index (χ3n) is 3.86. The number of nitrogens with one attached hydrogen (secondary N) is 2. The van der Waals surface area contributed by atoms with E-state index in [0.29, 0.717) is 12.3 Å². The fraction of sp³-hybridized carbons (Fsp3) is 0.235. The van der Waals surface area contributed by atoms with Crippen LogP contribution in [0.15, 0.2) is 41.3 Å². The average molecular weight is 386 g/mol. The summed E-state index contributed by atoms with van der Waals surface area (Å²) in [5.41, 5.74) is 0.282. The Labute approximate surface area is 158 Å². The van der Waals surface area contributed by atoms with Crippen molar-refractivity contribution in [1.82, 2.24) is 24.9 Å². The van der Waals surface area contributed by atoms with Gasteiger partial charge < -0.3 is 20.2 Å². The van der Waals surface area contributed by atoms with Crippen molar-refractivity contribution in [3.05, 3.63) is 54.0 Å². The van der Waals surface area contributed by atoms with Gasteiger partial charge in [-0.3, -0.25) is 14.3 Å². The van der Waals surface area contributed by atoms with Gasteiger partial charge in [0.05, 0.1) is 24.7 Å². The van der Waals surface area contributed by atoms with Gasteiger partial charge in [0.25, 0.3) is 5.91 Å². The molecule has 0 fully saturated rings. The van der Waals surface area contributed by atoms with Gasteiger partial charge in [0.2, 0.25) is 5.91 Å². The highest BCUT2D eigenvalue weighted by Gasteiger charge is 2.21. The van der Waals surface area contributed by atoms with Crippen LogP contribution in [0, 0.1) is 0 Å². The molecule has 0 aliphatic carbocycles. The zero-order chi connectivity index (χ0) is 20.1. The van der Waals surface area contributed by atoms with Crippen LogP contribution in [0.3, 0.4) is 0 Å². The average Bonchev–Trinajstić information content (AvgIpc) is 3.40. The molecule has 0 spiro atoms. The van der Waals surface area contributed by atoms with Crippen LogP contribution in [0.2, 0.25) is 0 Å². The minimum atomic E-state index is -1.19. The van der Waals surface area contributed by atoms with Crippen LogP contribution in [0.1, 0.15) is 33.7 Å². The largest absolute Gasteiger partial charge is 0.477 e. The molecule has 0 bridgehead atoms. The second kappa shape index (κ2) is 8.20. The summed E-state index contributed by atoms with van der Waals surface area (Å²) in [6.45, 7) is 2.09. The molecule has 0 unspecified atom stereocenters. The van der Waals surface area contributed by atoms with Crippen molar-refractivity contribution in [2.75, 3.05) is 5.32 Å². The minimum absolute atomic E-state index is 0.115. The van der Waals surface area contributed by atoms with E-state index in [4.69, 9.17) is 9.52 Å². The number of hydrogen-bond donors (Lipinski definition) is 3. The molecule has 0 aromatic carbocycles. The number of amides is 2. The number of carbonyl (C=O) groups excluding carboxylic acids is 2. The molecule has 28 heavy (non-hydrogen) atoms. The van der Waals surface area contributed by atoms with Gasteiger partial charge in [0.15, 0.2) is 0 Å². The van der Waals surface area contributed by atoms with Crippen molar-refractivity contribution in [3.63, 3.8) is 0 Å². The van der Waals surface area contributed by atoms with Gasteiger partial charge in [-0.25, -0.2) is 9.48 Å². The SMILES string of the molecule is CCn1ncc(NC(=O)Cn2nccc2C(=O)O)c1C(=O)NCc1ccco1. The van der Waals surface area contributed by atoms with Crippen molar-refractivity contribution in [1.29, 1.82) is 0 Å². The summed E-state index contributed by atoms with van der Waals surface area (Å²) in [5, 5.41) is 22.3. The summed E-state index contributed by atoms with van der Waals surface area (Å²) < 4.78 is 7.68. The summed E-state index contributed by atoms with van der Waals surface area (Å²) in [5.74, 6) is -1.58. The fourth-order valence-corrected chi connectivity index (χ4v) is 2.59. The van der Waals surface area contributed by atoms with E-state index in [2.05, 4.69) is 20.8 Å². The molecule has 3 N–H and O–H groups in total. The number of carboxylic acid groups (broad SMARTS) is 1. The van der Waals surface area contributed by atoms with Crippen LogP contribution >= 0.6 is 0 Å². The Hall–Kier alpha value is -3.89. The van der Waals surface area contributed by atoms with Gasteiger partial charge in [-0.1, -0.05) is 0 Å². The maximum atomic E-state index is 12.6. The van der Waals surface area contributed by atoms with Crippen molar-refractivity contribution >= 4 is 23.5 Å². The first-order chi connectivity index (χ1) is 13.5. The lowest BCUT2D eigenvalue weighted by Crippen LogP contribution is -2.28. The number of rotatable bonds is 8. The smallest absolute Gasteiger partial charge is 0.354 e. The molecule has 3 heterocycles. The van der Waals surface area contributed by atoms with Crippen molar-refractivity contribution in [3.8, 4) is 0 Å². The van der Waals surface area contributed by atoms with E-state index in [-0.39, 0.29) is 30.2 Å². The van der Waals surface area contributed by atoms with Gasteiger partial charge >= 0.3 is 5.97 Å². The standard InChI is InChI=1S/C17H18N6O5/c1-2-22-15(16(25)18-8-11-4-3-7-28-11)12(9-20-22)21-14(24)10-23-13(17(26)27)5-6-19-23/h3-7,9H,2,8,10H2,1H3,(H,18,25)(H,21,24)(H,26,27). The zero-order valence-corrected chi connectivity index (χ0v) is 15.0. The maximum absolute atomic E-state index is 12.6. The summed E-state index contributed by atoms with van der Waals surface area (Å²) in [7, 11) is 0. The molecule has 0 saturated carbocycles. The summed E-state index contributed by atoms with van der Waals surface area (Å²) >= 11 is 0. The molecule has 0 radical (unpaired) electrons. The first-order valence-electron chi connectivity index (χ1n) is 8.41. The maximum Gasteiger partial charge on any atom is 0.354 e. The molecule has 0 aliphatic rings. The van der Waals surface area contributed by atoms with Crippen molar-refractivity contribution in [2.45, 2.75) is 26.6 Å². The van der Waals surface area contributed by atoms with Crippen LogP contribution in [-0.2, 0) is 24.4 Å². The van der Waals surface area contributed by atoms with E-state index in [1.807, 2.05) is 6.92 Å². The number of aryl methyl sites for hydroxylation is 1. The van der Waals surface area contributed by atoms with E-state index in [1.54, 1.807) is 12.1 Å². The van der Waals surface area contributed by atoms with Gasteiger partial charge in [0, 0.05) is 12.7 Å². The van der Waals surface area contributed by atoms with Gasteiger partial charge in [0.1, 0.15) is 23.7 Å². The number of furan rings is 1. The van der Waals surface area contributed by atoms with Crippen LogP contribution in [-0.4, -0.2) is 42.5 Å². The molecule has 11 nitrogen and oxygen atoms in total. The van der Waals surface area contributed by atoms with Gasteiger partial charge in [-0.2, -0.15) is 10.2 Å². The lowest BCUT2D eigenvalue weighted by atomic mass is 10.3. The van der Waals surface area contributed by atoms with Crippen LogP contribution < -0.4 is 10.6 Å². The monoisotopic (exact) mass is 386 g/mol. The van der Waals surface area contributed by atoms with Gasteiger partial charge in [-0.15, -0.1) is 0 Å². The zero-order valence-electron chi connectivity index (χ0n) is 15.0. The molecule has 0 atom stereocenters. The topological polar surface area (TPSA) is 144 Å². The lowest BCUT2D eigenvalue weighted by molar-refractivity contribution is -0.116. The van der Waals surface area contributed by atoms with E-state index in [0.717, 1.165) is 4.68 Å². The molecular formula is C17H18N6O5. The second-order valence-corrected chi connectivity index (χ2v) is 5.71. The number of hydrogen-bond acceptors (Lipinski definition) is 6. The third-order valence-corrected chi connectivity index (χ3v) is 3.86. The summed E-state index contributed by atoms with van der Waals surface area (Å²) in [6.07, 6.45) is 4.16. The van der Waals surface area contributed by atoms with E-state index >= 15 is 0 Å². The Kier molecular flexibility index (Phi) is 5.53. The number of carbonyl (C=O) groups is 3. The Morgan fingerprint density at radius 3 is 2.71 bits per heavy atom. The number of aromatic nitrogens is 4. The second-order valence-electron chi connectivity index (χ2n) is 5.71. The van der Waals surface area contributed by atoms with Gasteiger partial charge in [-0.05, 0) is 25.1 Å². The van der Waals surface area contributed by atoms with E-state index < -0.39 is 17.8 Å². The quantitative estimate of drug-likeness (QED) is 0.523. The molecule has 3 aromatic heterocycles. The first-order valence-corrected chi connectivity index (χ1v) is 8.41. The normalized spacial score (nSPS) is 10.6. The van der Waals surface area contributed by atoms with Crippen LogP contribution in [0.25, 0.3) is 0 Å². The number of nitrogens with zero attached hydrogens (tertiary/aromatic N) is 4. The Morgan fingerprint density at radius 2 is 2.04 bits per heavy atom. The Balaban J connectivity index is 1.72. The third kappa shape index (κ3) is 4.09. The summed E-state index contributed by atoms with van der Waals surface area (Å²) in [6, 6.07) is 4.73. The fourth-order valence-electron chi connectivity index (χ4n) is 2.59. The number of anilines is 1. The predicted molar refractivity (Wildman–Crippen MR) is 95.6 cm³/mol. The van der Waals surface area contributed by atoms with Crippen LogP contribution in [0.4, 0.5) is 5.69 Å². The molecule has 2 amide bonds. The lowest BCUT2D eigenvalue weighted by Gasteiger charge is -2.10. The molecular weight excluding hydrogens is 368 g/mol. The Morgan fingerprint density at radius 1 is 1.21 bits per heavy atom. The molecule has 3 rings (SSSR count). The molecule has 3 aromatic rings. The highest BCUT2D eigenvalue weighted by Crippen LogP contribution is 2.16. The molecule has 0 saturated heterocycles. The molecule has 0 aliphatic heterocycles.